The standard InChI is InChI=1S/C13H20N2/c1-10-5-3-7-13(11(10)2)15-8-4-6-12(15)9-14/h3,5,7,12H,4,6,8-9,14H2,1-2H3. The Kier molecular flexibility index (Phi) is 2.96. The van der Waals surface area contributed by atoms with Gasteiger partial charge < -0.3 is 10.6 Å². The summed E-state index contributed by atoms with van der Waals surface area (Å²) in [5, 5.41) is 0. The molecule has 1 saturated heterocycles. The molecule has 0 spiro atoms. The van der Waals surface area contributed by atoms with E-state index >= 15 is 0 Å². The highest BCUT2D eigenvalue weighted by molar-refractivity contribution is 5.57. The minimum absolute atomic E-state index is 0.547. The van der Waals surface area contributed by atoms with E-state index < -0.39 is 0 Å². The van der Waals surface area contributed by atoms with Gasteiger partial charge in [0.05, 0.1) is 0 Å². The minimum atomic E-state index is 0.547. The Hall–Kier alpha value is -1.02. The van der Waals surface area contributed by atoms with Crippen molar-refractivity contribution in [2.45, 2.75) is 32.7 Å². The Morgan fingerprint density at radius 2 is 2.20 bits per heavy atom. The van der Waals surface area contributed by atoms with Crippen molar-refractivity contribution >= 4 is 5.69 Å². The number of nitrogens with two attached hydrogens (primary N) is 1. The Bertz CT molecular complexity index is 346. The van der Waals surface area contributed by atoms with Gasteiger partial charge in [-0.15, -0.1) is 0 Å². The number of nitrogens with zero attached hydrogens (tertiary/aromatic N) is 1. The molecule has 0 aromatic heterocycles. The zero-order valence-electron chi connectivity index (χ0n) is 9.66. The third-order valence-corrected chi connectivity index (χ3v) is 3.53. The van der Waals surface area contributed by atoms with Gasteiger partial charge in [0.15, 0.2) is 0 Å². The third kappa shape index (κ3) is 1.86. The van der Waals surface area contributed by atoms with E-state index in [1.807, 2.05) is 0 Å². The van der Waals surface area contributed by atoms with Crippen LogP contribution < -0.4 is 10.6 Å². The van der Waals surface area contributed by atoms with Gasteiger partial charge in [-0.05, 0) is 43.9 Å². The molecule has 1 fully saturated rings. The predicted molar refractivity (Wildman–Crippen MR) is 65.3 cm³/mol. The van der Waals surface area contributed by atoms with E-state index in [0.717, 1.165) is 13.1 Å². The maximum absolute atomic E-state index is 5.81. The van der Waals surface area contributed by atoms with Crippen molar-refractivity contribution in [3.05, 3.63) is 29.3 Å². The lowest BCUT2D eigenvalue weighted by molar-refractivity contribution is 0.676. The first kappa shape index (κ1) is 10.5. The molecule has 1 heterocycles. The van der Waals surface area contributed by atoms with Crippen LogP contribution in [-0.2, 0) is 0 Å². The Labute approximate surface area is 92.1 Å². The maximum atomic E-state index is 5.81. The second-order valence-electron chi connectivity index (χ2n) is 4.44. The van der Waals surface area contributed by atoms with Crippen molar-refractivity contribution in [1.29, 1.82) is 0 Å². The van der Waals surface area contributed by atoms with E-state index in [4.69, 9.17) is 5.73 Å². The summed E-state index contributed by atoms with van der Waals surface area (Å²) < 4.78 is 0. The highest BCUT2D eigenvalue weighted by Gasteiger charge is 2.24. The van der Waals surface area contributed by atoms with Crippen molar-refractivity contribution in [3.63, 3.8) is 0 Å². The van der Waals surface area contributed by atoms with Crippen LogP contribution in [0.5, 0.6) is 0 Å². The summed E-state index contributed by atoms with van der Waals surface area (Å²) in [4.78, 5) is 2.47. The van der Waals surface area contributed by atoms with Gasteiger partial charge in [-0.2, -0.15) is 0 Å². The van der Waals surface area contributed by atoms with Crippen molar-refractivity contribution in [3.8, 4) is 0 Å². The first-order valence-electron chi connectivity index (χ1n) is 5.77. The molecule has 0 bridgehead atoms. The predicted octanol–water partition coefficient (Wildman–Crippen LogP) is 2.23. The van der Waals surface area contributed by atoms with Crippen molar-refractivity contribution in [2.75, 3.05) is 18.0 Å². The maximum Gasteiger partial charge on any atom is 0.0413 e. The van der Waals surface area contributed by atoms with Crippen molar-refractivity contribution in [2.24, 2.45) is 5.73 Å². The van der Waals surface area contributed by atoms with Crippen LogP contribution in [0.25, 0.3) is 0 Å². The molecule has 1 aliphatic rings. The van der Waals surface area contributed by atoms with Gasteiger partial charge in [-0.3, -0.25) is 0 Å². The summed E-state index contributed by atoms with van der Waals surface area (Å²) in [5.74, 6) is 0. The van der Waals surface area contributed by atoms with E-state index in [2.05, 4.69) is 36.9 Å². The van der Waals surface area contributed by atoms with Gasteiger partial charge in [-0.1, -0.05) is 12.1 Å². The fourth-order valence-electron chi connectivity index (χ4n) is 2.44. The lowest BCUT2D eigenvalue weighted by Gasteiger charge is -2.28. The molecule has 82 valence electrons. The Morgan fingerprint density at radius 3 is 2.93 bits per heavy atom. The van der Waals surface area contributed by atoms with Crippen LogP contribution in [0.1, 0.15) is 24.0 Å². The molecule has 0 amide bonds. The Morgan fingerprint density at radius 1 is 1.40 bits per heavy atom. The van der Waals surface area contributed by atoms with Gasteiger partial charge in [0, 0.05) is 24.8 Å². The van der Waals surface area contributed by atoms with E-state index in [-0.39, 0.29) is 0 Å². The van der Waals surface area contributed by atoms with E-state index in [1.165, 1.54) is 29.7 Å². The molecule has 0 radical (unpaired) electrons. The summed E-state index contributed by atoms with van der Waals surface area (Å²) in [7, 11) is 0. The molecule has 1 aromatic carbocycles. The number of anilines is 1. The van der Waals surface area contributed by atoms with E-state index in [0.29, 0.717) is 6.04 Å². The quantitative estimate of drug-likeness (QED) is 0.800. The monoisotopic (exact) mass is 204 g/mol. The number of hydrogen-bond acceptors (Lipinski definition) is 2. The second kappa shape index (κ2) is 4.23. The van der Waals surface area contributed by atoms with Gasteiger partial charge >= 0.3 is 0 Å². The number of aryl methyl sites for hydroxylation is 1. The van der Waals surface area contributed by atoms with Crippen LogP contribution in [-0.4, -0.2) is 19.1 Å². The second-order valence-corrected chi connectivity index (χ2v) is 4.44. The van der Waals surface area contributed by atoms with Crippen LogP contribution in [0.4, 0.5) is 5.69 Å². The van der Waals surface area contributed by atoms with E-state index in [1.54, 1.807) is 0 Å². The van der Waals surface area contributed by atoms with Crippen molar-refractivity contribution in [1.82, 2.24) is 0 Å². The zero-order valence-corrected chi connectivity index (χ0v) is 9.66. The molecule has 1 unspecified atom stereocenters. The summed E-state index contributed by atoms with van der Waals surface area (Å²) in [5.41, 5.74) is 9.96. The first-order chi connectivity index (χ1) is 7.24. The van der Waals surface area contributed by atoms with Crippen LogP contribution >= 0.6 is 0 Å². The van der Waals surface area contributed by atoms with Crippen LogP contribution in [0.2, 0.25) is 0 Å². The number of benzene rings is 1. The summed E-state index contributed by atoms with van der Waals surface area (Å²) in [6.45, 7) is 6.31. The summed E-state index contributed by atoms with van der Waals surface area (Å²) in [6, 6.07) is 7.08. The smallest absolute Gasteiger partial charge is 0.0413 e. The summed E-state index contributed by atoms with van der Waals surface area (Å²) in [6.07, 6.45) is 2.51. The molecular weight excluding hydrogens is 184 g/mol. The fraction of sp³-hybridized carbons (Fsp3) is 0.538. The molecule has 2 N–H and O–H groups in total. The third-order valence-electron chi connectivity index (χ3n) is 3.53. The number of hydrogen-bond donors (Lipinski definition) is 1. The zero-order chi connectivity index (χ0) is 10.8. The molecule has 2 nitrogen and oxygen atoms in total. The minimum Gasteiger partial charge on any atom is -0.367 e. The lowest BCUT2D eigenvalue weighted by Crippen LogP contribution is -2.35. The average molecular weight is 204 g/mol. The molecule has 1 aromatic rings. The Balaban J connectivity index is 2.32. The molecule has 1 atom stereocenters. The molecule has 0 aliphatic carbocycles. The van der Waals surface area contributed by atoms with Gasteiger partial charge in [0.1, 0.15) is 0 Å². The first-order valence-corrected chi connectivity index (χ1v) is 5.77. The van der Waals surface area contributed by atoms with Crippen LogP contribution in [0.15, 0.2) is 18.2 Å². The molecule has 15 heavy (non-hydrogen) atoms. The van der Waals surface area contributed by atoms with Gasteiger partial charge in [-0.25, -0.2) is 0 Å². The number of rotatable bonds is 2. The molecule has 2 heteroatoms. The average Bonchev–Trinajstić information content (AvgIpc) is 2.70. The van der Waals surface area contributed by atoms with Crippen LogP contribution in [0.3, 0.4) is 0 Å². The fourth-order valence-corrected chi connectivity index (χ4v) is 2.44. The normalized spacial score (nSPS) is 21.0. The largest absolute Gasteiger partial charge is 0.367 e. The van der Waals surface area contributed by atoms with Crippen molar-refractivity contribution < 1.29 is 0 Å². The summed E-state index contributed by atoms with van der Waals surface area (Å²) >= 11 is 0. The highest BCUT2D eigenvalue weighted by atomic mass is 15.2. The molecular formula is C13H20N2. The van der Waals surface area contributed by atoms with Gasteiger partial charge in [0.25, 0.3) is 0 Å². The van der Waals surface area contributed by atoms with Gasteiger partial charge in [0.2, 0.25) is 0 Å². The molecule has 2 rings (SSSR count). The van der Waals surface area contributed by atoms with E-state index in [9.17, 15) is 0 Å². The molecule has 1 aliphatic heterocycles. The SMILES string of the molecule is Cc1cccc(N2CCCC2CN)c1C. The lowest BCUT2D eigenvalue weighted by atomic mass is 10.1. The van der Waals surface area contributed by atoms with Crippen LogP contribution in [0, 0.1) is 13.8 Å². The topological polar surface area (TPSA) is 29.3 Å². The molecule has 0 saturated carbocycles. The highest BCUT2D eigenvalue weighted by Crippen LogP contribution is 2.29.